The van der Waals surface area contributed by atoms with E-state index in [-0.39, 0.29) is 6.42 Å². The molecule has 0 amide bonds. The zero-order chi connectivity index (χ0) is 10.7. The Bertz CT molecular complexity index is 345. The monoisotopic (exact) mass is 226 g/mol. The summed E-state index contributed by atoms with van der Waals surface area (Å²) in [5.41, 5.74) is 0.674. The van der Waals surface area contributed by atoms with E-state index in [9.17, 15) is 4.79 Å². The van der Waals surface area contributed by atoms with Crippen molar-refractivity contribution in [2.45, 2.75) is 25.7 Å². The van der Waals surface area contributed by atoms with Gasteiger partial charge in [-0.25, -0.2) is 4.98 Å². The molecule has 82 valence electrons. The van der Waals surface area contributed by atoms with Gasteiger partial charge in [0.05, 0.1) is 12.1 Å². The van der Waals surface area contributed by atoms with Crippen LogP contribution in [-0.2, 0) is 11.2 Å². The fraction of sp³-hybridized carbons (Fsp3) is 0.600. The molecule has 5 heteroatoms. The molecule has 2 heterocycles. The van der Waals surface area contributed by atoms with Crippen LogP contribution in [0.4, 0.5) is 5.13 Å². The number of piperidine rings is 1. The van der Waals surface area contributed by atoms with Gasteiger partial charge >= 0.3 is 5.97 Å². The molecule has 1 aromatic rings. The van der Waals surface area contributed by atoms with E-state index in [4.69, 9.17) is 5.11 Å². The van der Waals surface area contributed by atoms with Crippen molar-refractivity contribution in [3.63, 3.8) is 0 Å². The summed E-state index contributed by atoms with van der Waals surface area (Å²) in [7, 11) is 0. The number of carboxylic acids is 1. The number of hydrogen-bond donors (Lipinski definition) is 1. The van der Waals surface area contributed by atoms with Crippen LogP contribution in [0.3, 0.4) is 0 Å². The van der Waals surface area contributed by atoms with Crippen molar-refractivity contribution < 1.29 is 9.90 Å². The standard InChI is InChI=1S/C10H14N2O2S/c13-9(14)6-8-7-15-10(11-8)12-4-2-1-3-5-12/h7H,1-6H2,(H,13,14). The molecule has 1 N–H and O–H groups in total. The quantitative estimate of drug-likeness (QED) is 0.853. The molecule has 0 aromatic carbocycles. The lowest BCUT2D eigenvalue weighted by atomic mass is 10.1. The van der Waals surface area contributed by atoms with Gasteiger partial charge < -0.3 is 10.0 Å². The second-order valence-corrected chi connectivity index (χ2v) is 4.58. The number of carboxylic acid groups (broad SMARTS) is 1. The van der Waals surface area contributed by atoms with Crippen LogP contribution in [0.2, 0.25) is 0 Å². The predicted octanol–water partition coefficient (Wildman–Crippen LogP) is 1.76. The fourth-order valence-corrected chi connectivity index (χ4v) is 2.64. The Labute approximate surface area is 92.6 Å². The molecule has 0 radical (unpaired) electrons. The van der Waals surface area contributed by atoms with E-state index in [1.807, 2.05) is 5.38 Å². The summed E-state index contributed by atoms with van der Waals surface area (Å²) in [6.07, 6.45) is 3.76. The SMILES string of the molecule is O=C(O)Cc1csc(N2CCCCC2)n1. The summed E-state index contributed by atoms with van der Waals surface area (Å²) in [6, 6.07) is 0. The number of anilines is 1. The van der Waals surface area contributed by atoms with Gasteiger partial charge in [-0.2, -0.15) is 0 Å². The number of hydrogen-bond acceptors (Lipinski definition) is 4. The summed E-state index contributed by atoms with van der Waals surface area (Å²) >= 11 is 1.55. The number of rotatable bonds is 3. The second kappa shape index (κ2) is 4.61. The van der Waals surface area contributed by atoms with Crippen molar-refractivity contribution >= 4 is 22.4 Å². The molecule has 1 aliphatic rings. The lowest BCUT2D eigenvalue weighted by molar-refractivity contribution is -0.136. The van der Waals surface area contributed by atoms with E-state index in [1.54, 1.807) is 11.3 Å². The second-order valence-electron chi connectivity index (χ2n) is 3.74. The molecule has 1 aromatic heterocycles. The first-order valence-corrected chi connectivity index (χ1v) is 6.05. The zero-order valence-electron chi connectivity index (χ0n) is 8.48. The molecular weight excluding hydrogens is 212 g/mol. The van der Waals surface area contributed by atoms with E-state index >= 15 is 0 Å². The summed E-state index contributed by atoms with van der Waals surface area (Å²) in [5, 5.41) is 11.5. The molecule has 4 nitrogen and oxygen atoms in total. The van der Waals surface area contributed by atoms with Gasteiger partial charge in [-0.05, 0) is 19.3 Å². The Morgan fingerprint density at radius 3 is 2.87 bits per heavy atom. The van der Waals surface area contributed by atoms with Crippen LogP contribution in [0.1, 0.15) is 25.0 Å². The van der Waals surface area contributed by atoms with Crippen LogP contribution in [0.25, 0.3) is 0 Å². The first-order valence-electron chi connectivity index (χ1n) is 5.17. The smallest absolute Gasteiger partial charge is 0.309 e. The molecule has 1 saturated heterocycles. The molecular formula is C10H14N2O2S. The normalized spacial score (nSPS) is 16.7. The minimum absolute atomic E-state index is 0.0321. The maximum absolute atomic E-state index is 10.5. The molecule has 0 saturated carbocycles. The largest absolute Gasteiger partial charge is 0.481 e. The van der Waals surface area contributed by atoms with Crippen molar-refractivity contribution in [2.75, 3.05) is 18.0 Å². The van der Waals surface area contributed by atoms with Crippen molar-refractivity contribution in [2.24, 2.45) is 0 Å². The molecule has 15 heavy (non-hydrogen) atoms. The molecule has 0 aliphatic carbocycles. The minimum atomic E-state index is -0.814. The maximum atomic E-state index is 10.5. The van der Waals surface area contributed by atoms with Crippen molar-refractivity contribution in [1.82, 2.24) is 4.98 Å². The topological polar surface area (TPSA) is 53.4 Å². The van der Waals surface area contributed by atoms with E-state index in [2.05, 4.69) is 9.88 Å². The highest BCUT2D eigenvalue weighted by Crippen LogP contribution is 2.24. The van der Waals surface area contributed by atoms with Crippen molar-refractivity contribution in [3.05, 3.63) is 11.1 Å². The third kappa shape index (κ3) is 2.68. The van der Waals surface area contributed by atoms with E-state index < -0.39 is 5.97 Å². The Hall–Kier alpha value is -1.10. The van der Waals surface area contributed by atoms with Crippen LogP contribution in [-0.4, -0.2) is 29.1 Å². The van der Waals surface area contributed by atoms with Gasteiger partial charge in [-0.3, -0.25) is 4.79 Å². The van der Waals surface area contributed by atoms with E-state index in [0.717, 1.165) is 18.2 Å². The van der Waals surface area contributed by atoms with E-state index in [1.165, 1.54) is 19.3 Å². The van der Waals surface area contributed by atoms with Gasteiger partial charge in [0.15, 0.2) is 5.13 Å². The average Bonchev–Trinajstić information content (AvgIpc) is 2.67. The van der Waals surface area contributed by atoms with Crippen LogP contribution in [0, 0.1) is 0 Å². The van der Waals surface area contributed by atoms with Gasteiger partial charge in [-0.1, -0.05) is 0 Å². The van der Waals surface area contributed by atoms with Gasteiger partial charge in [0.1, 0.15) is 0 Å². The fourth-order valence-electron chi connectivity index (χ4n) is 1.76. The summed E-state index contributed by atoms with van der Waals surface area (Å²) in [4.78, 5) is 17.1. The van der Waals surface area contributed by atoms with Gasteiger partial charge in [-0.15, -0.1) is 11.3 Å². The van der Waals surface area contributed by atoms with Crippen molar-refractivity contribution in [1.29, 1.82) is 0 Å². The molecule has 1 fully saturated rings. The Balaban J connectivity index is 2.02. The first kappa shape index (κ1) is 10.4. The Morgan fingerprint density at radius 2 is 2.20 bits per heavy atom. The van der Waals surface area contributed by atoms with Gasteiger partial charge in [0, 0.05) is 18.5 Å². The van der Waals surface area contributed by atoms with Crippen LogP contribution >= 0.6 is 11.3 Å². The predicted molar refractivity (Wildman–Crippen MR) is 59.5 cm³/mol. The van der Waals surface area contributed by atoms with Gasteiger partial charge in [0.2, 0.25) is 0 Å². The van der Waals surface area contributed by atoms with Crippen LogP contribution < -0.4 is 4.90 Å². The molecule has 0 atom stereocenters. The molecule has 0 bridgehead atoms. The average molecular weight is 226 g/mol. The Morgan fingerprint density at radius 1 is 1.47 bits per heavy atom. The van der Waals surface area contributed by atoms with E-state index in [0.29, 0.717) is 5.69 Å². The molecule has 0 spiro atoms. The third-order valence-corrected chi connectivity index (χ3v) is 3.45. The zero-order valence-corrected chi connectivity index (χ0v) is 9.29. The molecule has 0 unspecified atom stereocenters. The summed E-state index contributed by atoms with van der Waals surface area (Å²) in [5.74, 6) is -0.814. The number of carbonyl (C=O) groups is 1. The highest BCUT2D eigenvalue weighted by atomic mass is 32.1. The van der Waals surface area contributed by atoms with Crippen molar-refractivity contribution in [3.8, 4) is 0 Å². The number of nitrogens with zero attached hydrogens (tertiary/aromatic N) is 2. The highest BCUT2D eigenvalue weighted by molar-refractivity contribution is 7.13. The highest BCUT2D eigenvalue weighted by Gasteiger charge is 2.14. The number of thiazole rings is 1. The molecule has 2 rings (SSSR count). The summed E-state index contributed by atoms with van der Waals surface area (Å²) < 4.78 is 0. The lowest BCUT2D eigenvalue weighted by Gasteiger charge is -2.25. The molecule has 1 aliphatic heterocycles. The van der Waals surface area contributed by atoms with Crippen LogP contribution in [0.15, 0.2) is 5.38 Å². The van der Waals surface area contributed by atoms with Gasteiger partial charge in [0.25, 0.3) is 0 Å². The summed E-state index contributed by atoms with van der Waals surface area (Å²) in [6.45, 7) is 2.11. The maximum Gasteiger partial charge on any atom is 0.309 e. The Kier molecular flexibility index (Phi) is 3.20. The first-order chi connectivity index (χ1) is 7.25. The minimum Gasteiger partial charge on any atom is -0.481 e. The third-order valence-electron chi connectivity index (χ3n) is 2.50. The number of aliphatic carboxylic acids is 1. The lowest BCUT2D eigenvalue weighted by Crippen LogP contribution is -2.29. The number of aromatic nitrogens is 1. The van der Waals surface area contributed by atoms with Crippen LogP contribution in [0.5, 0.6) is 0 Å².